The van der Waals surface area contributed by atoms with Crippen LogP contribution in [-0.2, 0) is 17.5 Å². The molecule has 0 bridgehead atoms. The van der Waals surface area contributed by atoms with E-state index in [0.717, 1.165) is 6.07 Å². The largest absolute Gasteiger partial charge is 0.418 e. The molecule has 1 amide bonds. The number of carbonyl (C=O) groups excluding carboxylic acids is 1. The van der Waals surface area contributed by atoms with Crippen LogP contribution in [0, 0.1) is 0 Å². The normalized spacial score (nSPS) is 13.0. The molecule has 0 fully saturated rings. The number of nitrogens with one attached hydrogen (secondary N) is 1. The van der Waals surface area contributed by atoms with Crippen molar-refractivity contribution in [2.45, 2.75) is 25.7 Å². The zero-order valence-electron chi connectivity index (χ0n) is 11.6. The van der Waals surface area contributed by atoms with E-state index < -0.39 is 23.7 Å². The summed E-state index contributed by atoms with van der Waals surface area (Å²) in [5.74, 6) is -0.642. The lowest BCUT2D eigenvalue weighted by Crippen LogP contribution is -2.27. The molecule has 0 saturated carbocycles. The third-order valence-corrected chi connectivity index (χ3v) is 3.09. The minimum atomic E-state index is -4.55. The molecule has 0 radical (unpaired) electrons. The first kappa shape index (κ1) is 16.0. The van der Waals surface area contributed by atoms with E-state index >= 15 is 0 Å². The van der Waals surface area contributed by atoms with Crippen LogP contribution in [0.3, 0.4) is 0 Å². The van der Waals surface area contributed by atoms with Crippen LogP contribution in [-0.4, -0.2) is 20.9 Å². The number of halogens is 3. The van der Waals surface area contributed by atoms with E-state index in [1.165, 1.54) is 36.0 Å². The van der Waals surface area contributed by atoms with Gasteiger partial charge in [0, 0.05) is 6.54 Å². The van der Waals surface area contributed by atoms with Crippen molar-refractivity contribution in [3.63, 3.8) is 0 Å². The molecule has 118 valence electrons. The van der Waals surface area contributed by atoms with Crippen LogP contribution in [0.15, 0.2) is 30.5 Å². The number of nitrogens with two attached hydrogens (primary N) is 1. The Morgan fingerprint density at radius 1 is 1.41 bits per heavy atom. The highest BCUT2D eigenvalue weighted by atomic mass is 19.4. The molecule has 6 nitrogen and oxygen atoms in total. The summed E-state index contributed by atoms with van der Waals surface area (Å²) < 4.78 is 40.0. The summed E-state index contributed by atoms with van der Waals surface area (Å²) in [6.45, 7) is 1.61. The van der Waals surface area contributed by atoms with Crippen molar-refractivity contribution < 1.29 is 18.0 Å². The molecule has 3 N–H and O–H groups in total. The summed E-state index contributed by atoms with van der Waals surface area (Å²) in [7, 11) is 0. The van der Waals surface area contributed by atoms with Gasteiger partial charge >= 0.3 is 6.18 Å². The minimum Gasteiger partial charge on any atom is -0.325 e. The third kappa shape index (κ3) is 3.25. The SMILES string of the molecule is CC(C(=O)Nc1ccccc1C(F)(F)F)n1nncc1CN. The number of para-hydroxylation sites is 1. The maximum absolute atomic E-state index is 12.9. The zero-order chi connectivity index (χ0) is 16.3. The summed E-state index contributed by atoms with van der Waals surface area (Å²) >= 11 is 0. The zero-order valence-corrected chi connectivity index (χ0v) is 11.6. The molecule has 0 aliphatic rings. The number of rotatable bonds is 4. The highest BCUT2D eigenvalue weighted by Crippen LogP contribution is 2.34. The van der Waals surface area contributed by atoms with Crippen LogP contribution in [0.25, 0.3) is 0 Å². The van der Waals surface area contributed by atoms with E-state index in [2.05, 4.69) is 15.6 Å². The maximum atomic E-state index is 12.9. The van der Waals surface area contributed by atoms with Gasteiger partial charge in [0.25, 0.3) is 0 Å². The second kappa shape index (κ2) is 6.14. The van der Waals surface area contributed by atoms with Crippen molar-refractivity contribution in [1.29, 1.82) is 0 Å². The Hall–Kier alpha value is -2.42. The van der Waals surface area contributed by atoms with Gasteiger partial charge in [-0.2, -0.15) is 13.2 Å². The maximum Gasteiger partial charge on any atom is 0.418 e. The van der Waals surface area contributed by atoms with Crippen molar-refractivity contribution >= 4 is 11.6 Å². The molecular formula is C13H14F3N5O. The molecule has 1 unspecified atom stereocenters. The highest BCUT2D eigenvalue weighted by molar-refractivity contribution is 5.94. The summed E-state index contributed by atoms with van der Waals surface area (Å²) in [4.78, 5) is 12.2. The molecule has 2 aromatic rings. The van der Waals surface area contributed by atoms with Crippen molar-refractivity contribution in [2.75, 3.05) is 5.32 Å². The fourth-order valence-electron chi connectivity index (χ4n) is 1.92. The van der Waals surface area contributed by atoms with Crippen LogP contribution in [0.4, 0.5) is 18.9 Å². The topological polar surface area (TPSA) is 85.8 Å². The fourth-order valence-corrected chi connectivity index (χ4v) is 1.92. The second-order valence-corrected chi connectivity index (χ2v) is 4.58. The lowest BCUT2D eigenvalue weighted by Gasteiger charge is -2.17. The predicted molar refractivity (Wildman–Crippen MR) is 72.7 cm³/mol. The first-order valence-corrected chi connectivity index (χ1v) is 6.40. The predicted octanol–water partition coefficient (Wildman–Crippen LogP) is 1.96. The molecule has 0 saturated heterocycles. The van der Waals surface area contributed by atoms with Crippen LogP contribution >= 0.6 is 0 Å². The van der Waals surface area contributed by atoms with E-state index in [-0.39, 0.29) is 12.2 Å². The molecular weight excluding hydrogens is 299 g/mol. The molecule has 0 aliphatic carbocycles. The second-order valence-electron chi connectivity index (χ2n) is 4.58. The lowest BCUT2D eigenvalue weighted by atomic mass is 10.1. The van der Waals surface area contributed by atoms with E-state index in [1.54, 1.807) is 0 Å². The number of anilines is 1. The van der Waals surface area contributed by atoms with E-state index in [1.807, 2.05) is 0 Å². The highest BCUT2D eigenvalue weighted by Gasteiger charge is 2.34. The van der Waals surface area contributed by atoms with Gasteiger partial charge in [-0.1, -0.05) is 17.3 Å². The Bertz CT molecular complexity index is 668. The van der Waals surface area contributed by atoms with Crippen LogP contribution < -0.4 is 11.1 Å². The van der Waals surface area contributed by atoms with Crippen molar-refractivity contribution in [3.8, 4) is 0 Å². The van der Waals surface area contributed by atoms with Crippen LogP contribution in [0.5, 0.6) is 0 Å². The number of hydrogen-bond donors (Lipinski definition) is 2. The number of carbonyl (C=O) groups is 1. The van der Waals surface area contributed by atoms with Crippen molar-refractivity contribution in [3.05, 3.63) is 41.7 Å². The summed E-state index contributed by atoms with van der Waals surface area (Å²) in [6.07, 6.45) is -3.16. The molecule has 1 aromatic heterocycles. The average molecular weight is 313 g/mol. The fraction of sp³-hybridized carbons (Fsp3) is 0.308. The quantitative estimate of drug-likeness (QED) is 0.903. The molecule has 22 heavy (non-hydrogen) atoms. The Morgan fingerprint density at radius 2 is 2.09 bits per heavy atom. The number of amides is 1. The van der Waals surface area contributed by atoms with Gasteiger partial charge in [0.15, 0.2) is 0 Å². The number of hydrogen-bond acceptors (Lipinski definition) is 4. The summed E-state index contributed by atoms with van der Waals surface area (Å²) in [6, 6.07) is 3.92. The minimum absolute atomic E-state index is 0.115. The Morgan fingerprint density at radius 3 is 2.73 bits per heavy atom. The van der Waals surface area contributed by atoms with Gasteiger partial charge in [-0.25, -0.2) is 4.68 Å². The van der Waals surface area contributed by atoms with Crippen LogP contribution in [0.2, 0.25) is 0 Å². The molecule has 9 heteroatoms. The van der Waals surface area contributed by atoms with Crippen LogP contribution in [0.1, 0.15) is 24.2 Å². The molecule has 1 heterocycles. The van der Waals surface area contributed by atoms with Gasteiger partial charge in [-0.05, 0) is 19.1 Å². The molecule has 1 atom stereocenters. The molecule has 1 aromatic carbocycles. The van der Waals surface area contributed by atoms with Gasteiger partial charge in [0.2, 0.25) is 5.91 Å². The Balaban J connectivity index is 2.23. The smallest absolute Gasteiger partial charge is 0.325 e. The van der Waals surface area contributed by atoms with Crippen molar-refractivity contribution in [1.82, 2.24) is 15.0 Å². The van der Waals surface area contributed by atoms with Gasteiger partial charge < -0.3 is 11.1 Å². The standard InChI is InChI=1S/C13H14F3N5O/c1-8(21-9(6-17)7-18-20-21)12(22)19-11-5-3-2-4-10(11)13(14,15)16/h2-5,7-8H,6,17H2,1H3,(H,19,22). The molecule has 0 spiro atoms. The Kier molecular flexibility index (Phi) is 4.45. The van der Waals surface area contributed by atoms with Gasteiger partial charge in [-0.15, -0.1) is 5.10 Å². The summed E-state index contributed by atoms with van der Waals surface area (Å²) in [5.41, 5.74) is 4.78. The van der Waals surface area contributed by atoms with Crippen molar-refractivity contribution in [2.24, 2.45) is 5.73 Å². The number of nitrogens with zero attached hydrogens (tertiary/aromatic N) is 3. The first-order chi connectivity index (χ1) is 10.3. The number of alkyl halides is 3. The first-order valence-electron chi connectivity index (χ1n) is 6.40. The van der Waals surface area contributed by atoms with E-state index in [9.17, 15) is 18.0 Å². The average Bonchev–Trinajstić information content (AvgIpc) is 2.94. The van der Waals surface area contributed by atoms with E-state index in [0.29, 0.717) is 5.69 Å². The molecule has 2 rings (SSSR count). The Labute approximate surface area is 124 Å². The lowest BCUT2D eigenvalue weighted by molar-refractivity contribution is -0.137. The summed E-state index contributed by atoms with van der Waals surface area (Å²) in [5, 5.41) is 9.63. The molecule has 0 aliphatic heterocycles. The van der Waals surface area contributed by atoms with Gasteiger partial charge in [0.1, 0.15) is 6.04 Å². The number of benzene rings is 1. The third-order valence-electron chi connectivity index (χ3n) is 3.09. The monoisotopic (exact) mass is 313 g/mol. The van der Waals surface area contributed by atoms with Gasteiger partial charge in [-0.3, -0.25) is 4.79 Å². The van der Waals surface area contributed by atoms with E-state index in [4.69, 9.17) is 5.73 Å². The van der Waals surface area contributed by atoms with Gasteiger partial charge in [0.05, 0.1) is 23.1 Å². The number of aromatic nitrogens is 3.